The first-order valence-electron chi connectivity index (χ1n) is 5.87. The van der Waals surface area contributed by atoms with Crippen molar-refractivity contribution in [3.8, 4) is 11.8 Å². The van der Waals surface area contributed by atoms with Crippen LogP contribution >= 0.6 is 0 Å². The number of rotatable bonds is 5. The van der Waals surface area contributed by atoms with Gasteiger partial charge < -0.3 is 9.47 Å². The van der Waals surface area contributed by atoms with Crippen LogP contribution < -0.4 is 4.74 Å². The van der Waals surface area contributed by atoms with Crippen molar-refractivity contribution in [2.45, 2.75) is 13.2 Å². The van der Waals surface area contributed by atoms with E-state index in [0.717, 1.165) is 16.9 Å². The number of nitriles is 1. The Balaban J connectivity index is 2.01. The zero-order valence-electron chi connectivity index (χ0n) is 10.7. The Hall–Kier alpha value is -2.38. The molecule has 1 aromatic heterocycles. The van der Waals surface area contributed by atoms with Crippen molar-refractivity contribution in [1.29, 1.82) is 5.26 Å². The Morgan fingerprint density at radius 3 is 2.79 bits per heavy atom. The van der Waals surface area contributed by atoms with Crippen molar-refractivity contribution in [2.24, 2.45) is 0 Å². The molecule has 4 heteroatoms. The summed E-state index contributed by atoms with van der Waals surface area (Å²) in [4.78, 5) is 3.92. The van der Waals surface area contributed by atoms with Gasteiger partial charge in [-0.1, -0.05) is 12.1 Å². The standard InChI is InChI=1S/C15H14N2O2/c1-18-10-12-3-2-4-15(8-12)19-11-13-5-6-17-14(7-13)9-16/h2-8H,10-11H2,1H3. The Kier molecular flexibility index (Phi) is 4.49. The van der Waals surface area contributed by atoms with Crippen LogP contribution in [-0.4, -0.2) is 12.1 Å². The van der Waals surface area contributed by atoms with Crippen LogP contribution in [0.25, 0.3) is 0 Å². The second-order valence-electron chi connectivity index (χ2n) is 4.03. The molecule has 0 radical (unpaired) electrons. The highest BCUT2D eigenvalue weighted by molar-refractivity contribution is 5.29. The molecule has 1 heterocycles. The third kappa shape index (κ3) is 3.80. The van der Waals surface area contributed by atoms with Crippen molar-refractivity contribution in [1.82, 2.24) is 4.98 Å². The second kappa shape index (κ2) is 6.53. The maximum atomic E-state index is 8.78. The molecule has 0 bridgehead atoms. The number of aromatic nitrogens is 1. The first kappa shape index (κ1) is 13.1. The summed E-state index contributed by atoms with van der Waals surface area (Å²) >= 11 is 0. The molecule has 0 saturated heterocycles. The fraction of sp³-hybridized carbons (Fsp3) is 0.200. The van der Waals surface area contributed by atoms with Crippen LogP contribution in [0.4, 0.5) is 0 Å². The van der Waals surface area contributed by atoms with Crippen molar-refractivity contribution < 1.29 is 9.47 Å². The molecule has 0 aliphatic carbocycles. The zero-order chi connectivity index (χ0) is 13.5. The lowest BCUT2D eigenvalue weighted by Gasteiger charge is -2.08. The topological polar surface area (TPSA) is 55.1 Å². The second-order valence-corrected chi connectivity index (χ2v) is 4.03. The summed E-state index contributed by atoms with van der Waals surface area (Å²) in [7, 11) is 1.66. The van der Waals surface area contributed by atoms with E-state index < -0.39 is 0 Å². The lowest BCUT2D eigenvalue weighted by Crippen LogP contribution is -1.97. The van der Waals surface area contributed by atoms with Gasteiger partial charge in [-0.3, -0.25) is 0 Å². The third-order valence-electron chi connectivity index (χ3n) is 2.55. The maximum Gasteiger partial charge on any atom is 0.140 e. The summed E-state index contributed by atoms with van der Waals surface area (Å²) in [5.74, 6) is 0.782. The molecule has 0 aliphatic rings. The van der Waals surface area contributed by atoms with Crippen molar-refractivity contribution in [3.63, 3.8) is 0 Å². The van der Waals surface area contributed by atoms with Gasteiger partial charge in [0.05, 0.1) is 6.61 Å². The maximum absolute atomic E-state index is 8.78. The molecule has 1 aromatic carbocycles. The van der Waals surface area contributed by atoms with Crippen LogP contribution in [0.3, 0.4) is 0 Å². The average Bonchev–Trinajstić information content (AvgIpc) is 2.46. The summed E-state index contributed by atoms with van der Waals surface area (Å²) in [5, 5.41) is 8.78. The third-order valence-corrected chi connectivity index (χ3v) is 2.55. The Morgan fingerprint density at radius 1 is 1.16 bits per heavy atom. The fourth-order valence-corrected chi connectivity index (χ4v) is 1.68. The largest absolute Gasteiger partial charge is 0.489 e. The lowest BCUT2D eigenvalue weighted by molar-refractivity contribution is 0.184. The van der Waals surface area contributed by atoms with Gasteiger partial charge in [-0.25, -0.2) is 4.98 Å². The summed E-state index contributed by atoms with van der Waals surface area (Å²) in [6.07, 6.45) is 1.61. The van der Waals surface area contributed by atoms with Gasteiger partial charge >= 0.3 is 0 Å². The number of pyridine rings is 1. The molecule has 0 amide bonds. The minimum absolute atomic E-state index is 0.397. The molecular weight excluding hydrogens is 240 g/mol. The molecule has 0 unspecified atom stereocenters. The van der Waals surface area contributed by atoms with Gasteiger partial charge in [0.1, 0.15) is 24.1 Å². The SMILES string of the molecule is COCc1cccc(OCc2ccnc(C#N)c2)c1. The molecule has 0 saturated carbocycles. The normalized spacial score (nSPS) is 9.89. The summed E-state index contributed by atoms with van der Waals surface area (Å²) in [6.45, 7) is 0.971. The molecule has 0 atom stereocenters. The molecule has 0 N–H and O–H groups in total. The van der Waals surface area contributed by atoms with E-state index in [0.29, 0.717) is 18.9 Å². The van der Waals surface area contributed by atoms with Crippen molar-refractivity contribution in [2.75, 3.05) is 7.11 Å². The van der Waals surface area contributed by atoms with E-state index in [1.54, 1.807) is 19.4 Å². The van der Waals surface area contributed by atoms with E-state index in [1.807, 2.05) is 36.4 Å². The van der Waals surface area contributed by atoms with Crippen molar-refractivity contribution in [3.05, 3.63) is 59.4 Å². The molecule has 0 spiro atoms. The molecule has 2 rings (SSSR count). The van der Waals surface area contributed by atoms with Crippen LogP contribution in [0, 0.1) is 11.3 Å². The molecule has 19 heavy (non-hydrogen) atoms. The summed E-state index contributed by atoms with van der Waals surface area (Å²) < 4.78 is 10.8. The Morgan fingerprint density at radius 2 is 2.00 bits per heavy atom. The van der Waals surface area contributed by atoms with E-state index in [4.69, 9.17) is 14.7 Å². The van der Waals surface area contributed by atoms with Gasteiger partial charge in [0.15, 0.2) is 0 Å². The molecule has 0 fully saturated rings. The van der Waals surface area contributed by atoms with Crippen LogP contribution in [0.1, 0.15) is 16.8 Å². The van der Waals surface area contributed by atoms with E-state index in [1.165, 1.54) is 0 Å². The van der Waals surface area contributed by atoms with E-state index in [9.17, 15) is 0 Å². The minimum atomic E-state index is 0.397. The molecule has 2 aromatic rings. The lowest BCUT2D eigenvalue weighted by atomic mass is 10.2. The first-order chi connectivity index (χ1) is 9.31. The Labute approximate surface area is 112 Å². The number of benzene rings is 1. The predicted molar refractivity (Wildman–Crippen MR) is 70.4 cm³/mol. The highest BCUT2D eigenvalue weighted by Gasteiger charge is 2.00. The van der Waals surface area contributed by atoms with Crippen molar-refractivity contribution >= 4 is 0 Å². The van der Waals surface area contributed by atoms with Gasteiger partial charge in [-0.15, -0.1) is 0 Å². The van der Waals surface area contributed by atoms with Gasteiger partial charge in [0.25, 0.3) is 0 Å². The minimum Gasteiger partial charge on any atom is -0.489 e. The highest BCUT2D eigenvalue weighted by atomic mass is 16.5. The van der Waals surface area contributed by atoms with Gasteiger partial charge in [0, 0.05) is 13.3 Å². The van der Waals surface area contributed by atoms with Gasteiger partial charge in [0.2, 0.25) is 0 Å². The molecule has 0 aliphatic heterocycles. The molecular formula is C15H14N2O2. The predicted octanol–water partition coefficient (Wildman–Crippen LogP) is 2.68. The highest BCUT2D eigenvalue weighted by Crippen LogP contribution is 2.15. The van der Waals surface area contributed by atoms with E-state index in [-0.39, 0.29) is 0 Å². The molecule has 4 nitrogen and oxygen atoms in total. The molecule has 96 valence electrons. The van der Waals surface area contributed by atoms with Crippen LogP contribution in [0.2, 0.25) is 0 Å². The van der Waals surface area contributed by atoms with Gasteiger partial charge in [-0.05, 0) is 35.4 Å². The van der Waals surface area contributed by atoms with Gasteiger partial charge in [-0.2, -0.15) is 5.26 Å². The number of hydrogen-bond acceptors (Lipinski definition) is 4. The van der Waals surface area contributed by atoms with Crippen LogP contribution in [0.5, 0.6) is 5.75 Å². The number of methoxy groups -OCH3 is 1. The van der Waals surface area contributed by atoms with E-state index in [2.05, 4.69) is 4.98 Å². The average molecular weight is 254 g/mol. The monoisotopic (exact) mass is 254 g/mol. The summed E-state index contributed by atoms with van der Waals surface area (Å²) in [6, 6.07) is 13.3. The number of nitrogens with zero attached hydrogens (tertiary/aromatic N) is 2. The zero-order valence-corrected chi connectivity index (χ0v) is 10.7. The smallest absolute Gasteiger partial charge is 0.140 e. The quantitative estimate of drug-likeness (QED) is 0.823. The summed E-state index contributed by atoms with van der Waals surface area (Å²) in [5.41, 5.74) is 2.38. The fourth-order valence-electron chi connectivity index (χ4n) is 1.68. The number of ether oxygens (including phenoxy) is 2. The van der Waals surface area contributed by atoms with Crippen LogP contribution in [-0.2, 0) is 18.0 Å². The van der Waals surface area contributed by atoms with E-state index >= 15 is 0 Å². The Bertz CT molecular complexity index is 591. The first-order valence-corrected chi connectivity index (χ1v) is 5.87. The van der Waals surface area contributed by atoms with Crippen LogP contribution in [0.15, 0.2) is 42.6 Å². The number of hydrogen-bond donors (Lipinski definition) is 0.